The van der Waals surface area contributed by atoms with E-state index >= 15 is 0 Å². The van der Waals surface area contributed by atoms with Gasteiger partial charge in [0.2, 0.25) is 0 Å². The molecule has 2 rings (SSSR count). The fourth-order valence-electron chi connectivity index (χ4n) is 3.42. The van der Waals surface area contributed by atoms with Crippen molar-refractivity contribution in [2.24, 2.45) is 16.5 Å². The number of aromatic carboxylic acids is 1. The fourth-order valence-corrected chi connectivity index (χ4v) is 5.26. The highest BCUT2D eigenvalue weighted by Gasteiger charge is 2.61. The lowest BCUT2D eigenvalue weighted by atomic mass is 10.00. The highest BCUT2D eigenvalue weighted by Crippen LogP contribution is 2.47. The van der Waals surface area contributed by atoms with Crippen molar-refractivity contribution < 1.29 is 75.4 Å². The second kappa shape index (κ2) is 12.4. The number of guanidine groups is 1. The van der Waals surface area contributed by atoms with Crippen LogP contribution in [0.2, 0.25) is 0 Å². The Hall–Kier alpha value is -3.95. The molecule has 22 heteroatoms. The predicted molar refractivity (Wildman–Crippen MR) is 136 cm³/mol. The quantitative estimate of drug-likeness (QED) is 0.225. The zero-order valence-electron chi connectivity index (χ0n) is 22.9. The van der Waals surface area contributed by atoms with E-state index in [-0.39, 0.29) is 17.7 Å². The Morgan fingerprint density at radius 3 is 1.24 bits per heavy atom. The number of carboxylic acids is 1. The Bertz CT molecular complexity index is 1760. The van der Waals surface area contributed by atoms with Crippen LogP contribution < -0.4 is 11.5 Å². The average Bonchev–Trinajstić information content (AvgIpc) is 2.80. The zero-order chi connectivity index (χ0) is 35.9. The van der Waals surface area contributed by atoms with Gasteiger partial charge < -0.3 is 16.6 Å². The van der Waals surface area contributed by atoms with Gasteiger partial charge in [0.1, 0.15) is 0 Å². The molecule has 0 radical (unpaired) electrons. The molecule has 0 aliphatic heterocycles. The summed E-state index contributed by atoms with van der Waals surface area (Å²) in [5.74, 6) is -14.4. The highest BCUT2D eigenvalue weighted by atomic mass is 32.2. The highest BCUT2D eigenvalue weighted by molar-refractivity contribution is 7.91. The lowest BCUT2D eigenvalue weighted by Gasteiger charge is -2.23. The molecular formula is C23H21F10N3O7S2. The summed E-state index contributed by atoms with van der Waals surface area (Å²) in [6.45, 7) is 2.03. The number of benzene rings is 2. The number of halogens is 10. The van der Waals surface area contributed by atoms with Crippen LogP contribution in [0, 0.1) is 13.8 Å². The summed E-state index contributed by atoms with van der Waals surface area (Å²) in [4.78, 5) is 23.0. The Kier molecular flexibility index (Phi) is 10.8. The number of carbonyl (C=O) groups excluding carboxylic acids is 1. The molecule has 0 saturated carbocycles. The minimum Gasteiger partial charge on any atom is -0.478 e. The van der Waals surface area contributed by atoms with Gasteiger partial charge in [0.15, 0.2) is 25.6 Å². The second-order valence-electron chi connectivity index (χ2n) is 9.16. The smallest absolute Gasteiger partial charge is 0.458 e. The van der Waals surface area contributed by atoms with Gasteiger partial charge >= 0.3 is 30.2 Å². The Balaban J connectivity index is 0.000000454. The molecule has 0 aliphatic rings. The first kappa shape index (κ1) is 39.1. The zero-order valence-corrected chi connectivity index (χ0v) is 24.5. The minimum atomic E-state index is -6.02. The molecule has 2 aromatic rings. The van der Waals surface area contributed by atoms with Gasteiger partial charge in [-0.1, -0.05) is 0 Å². The van der Waals surface area contributed by atoms with Crippen LogP contribution in [0.4, 0.5) is 43.9 Å². The van der Waals surface area contributed by atoms with Crippen LogP contribution in [0.3, 0.4) is 0 Å². The number of hydrogen-bond donors (Lipinski definition) is 3. The Labute approximate surface area is 247 Å². The molecule has 0 spiro atoms. The Morgan fingerprint density at radius 2 is 0.978 bits per heavy atom. The third-order valence-corrected chi connectivity index (χ3v) is 7.81. The Morgan fingerprint density at radius 1 is 0.667 bits per heavy atom. The minimum absolute atomic E-state index is 0.229. The molecule has 0 aromatic heterocycles. The van der Waals surface area contributed by atoms with Gasteiger partial charge in [0.05, 0.1) is 15.4 Å². The second-order valence-corrected chi connectivity index (χ2v) is 13.1. The van der Waals surface area contributed by atoms with E-state index in [1.54, 1.807) is 0 Å². The van der Waals surface area contributed by atoms with E-state index in [0.29, 0.717) is 24.6 Å². The topological polar surface area (TPSA) is 187 Å². The molecule has 1 amide bonds. The predicted octanol–water partition coefficient (Wildman–Crippen LogP) is 4.22. The summed E-state index contributed by atoms with van der Waals surface area (Å²) in [5.41, 5.74) is 4.44. The molecule has 45 heavy (non-hydrogen) atoms. The lowest BCUT2D eigenvalue weighted by molar-refractivity contribution is -0.290. The van der Waals surface area contributed by atoms with Gasteiger partial charge in [-0.2, -0.15) is 48.9 Å². The normalized spacial score (nSPS) is 13.0. The molecule has 0 aliphatic carbocycles. The number of carbonyl (C=O) groups is 2. The van der Waals surface area contributed by atoms with Crippen LogP contribution in [0.5, 0.6) is 0 Å². The number of hydrogen-bond acceptors (Lipinski definition) is 6. The maximum atomic E-state index is 13.6. The van der Waals surface area contributed by atoms with Crippen molar-refractivity contribution in [1.82, 2.24) is 0 Å². The third kappa shape index (κ3) is 8.61. The van der Waals surface area contributed by atoms with Crippen molar-refractivity contribution in [3.05, 3.63) is 57.6 Å². The summed E-state index contributed by atoms with van der Waals surface area (Å²) >= 11 is 0. The summed E-state index contributed by atoms with van der Waals surface area (Å²) in [5, 5.41) is 8.80. The van der Waals surface area contributed by atoms with E-state index in [1.165, 1.54) is 0 Å². The van der Waals surface area contributed by atoms with Gasteiger partial charge in [0.25, 0.3) is 5.91 Å². The monoisotopic (exact) mass is 705 g/mol. The van der Waals surface area contributed by atoms with Crippen molar-refractivity contribution in [3.63, 3.8) is 0 Å². The van der Waals surface area contributed by atoms with E-state index in [4.69, 9.17) is 16.6 Å². The van der Waals surface area contributed by atoms with Gasteiger partial charge in [-0.15, -0.1) is 0 Å². The van der Waals surface area contributed by atoms with Crippen LogP contribution in [0.25, 0.3) is 0 Å². The maximum absolute atomic E-state index is 13.6. The largest absolute Gasteiger partial charge is 0.478 e. The van der Waals surface area contributed by atoms with Crippen molar-refractivity contribution in [2.45, 2.75) is 47.8 Å². The first-order valence-corrected chi connectivity index (χ1v) is 15.0. The molecule has 0 fully saturated rings. The first-order valence-electron chi connectivity index (χ1n) is 11.2. The lowest BCUT2D eigenvalue weighted by Crippen LogP contribution is -2.35. The van der Waals surface area contributed by atoms with Gasteiger partial charge in [-0.05, 0) is 49.2 Å². The van der Waals surface area contributed by atoms with Gasteiger partial charge in [-0.25, -0.2) is 21.6 Å². The summed E-state index contributed by atoms with van der Waals surface area (Å²) in [6.07, 6.45) is -11.2. The van der Waals surface area contributed by atoms with Crippen LogP contribution in [0.1, 0.15) is 43.0 Å². The van der Waals surface area contributed by atoms with Crippen molar-refractivity contribution in [1.29, 1.82) is 0 Å². The number of amides is 1. The number of aryl methyl sites for hydroxylation is 2. The molecule has 2 aromatic carbocycles. The molecule has 0 heterocycles. The third-order valence-electron chi connectivity index (χ3n) is 5.53. The van der Waals surface area contributed by atoms with E-state index in [1.807, 2.05) is 0 Å². The molecule has 252 valence electrons. The molecule has 10 nitrogen and oxygen atoms in total. The standard InChI is InChI=1S/C12H12F5N3O3S.C11H9F5O4S/c1-5-3-7(11(13,14)12(15,16)17)8(24(2,22)23)4-6(5)9(21)20-10(18)19;1-5-3-7(10(12,13)11(14,15)16)8(21(2,19)20)4-6(5)9(17)18/h3-4H,1-2H3,(H4,18,19,20,21);3-4H,1-2H3,(H,17,18). The van der Waals surface area contributed by atoms with Crippen molar-refractivity contribution in [3.8, 4) is 0 Å². The number of alkyl halides is 10. The van der Waals surface area contributed by atoms with E-state index in [0.717, 1.165) is 13.8 Å². The molecule has 0 saturated heterocycles. The average molecular weight is 706 g/mol. The van der Waals surface area contributed by atoms with Crippen LogP contribution in [-0.2, 0) is 31.5 Å². The van der Waals surface area contributed by atoms with Crippen LogP contribution in [-0.4, -0.2) is 64.6 Å². The van der Waals surface area contributed by atoms with Gasteiger partial charge in [0, 0.05) is 29.2 Å². The number of carboxylic acid groups (broad SMARTS) is 1. The van der Waals surface area contributed by atoms with Gasteiger partial charge in [-0.3, -0.25) is 4.79 Å². The molecule has 5 N–H and O–H groups in total. The molecule has 0 bridgehead atoms. The van der Waals surface area contributed by atoms with Crippen LogP contribution in [0.15, 0.2) is 39.0 Å². The van der Waals surface area contributed by atoms with E-state index < -0.39 is 99.3 Å². The molecule has 0 atom stereocenters. The van der Waals surface area contributed by atoms with Crippen LogP contribution >= 0.6 is 0 Å². The molecule has 0 unspecified atom stereocenters. The van der Waals surface area contributed by atoms with E-state index in [2.05, 4.69) is 4.99 Å². The van der Waals surface area contributed by atoms with Crippen molar-refractivity contribution >= 4 is 37.5 Å². The molecular weight excluding hydrogens is 684 g/mol. The maximum Gasteiger partial charge on any atom is 0.458 e. The number of nitrogens with two attached hydrogens (primary N) is 2. The number of nitrogens with zero attached hydrogens (tertiary/aromatic N) is 1. The van der Waals surface area contributed by atoms with Crippen molar-refractivity contribution in [2.75, 3.05) is 12.5 Å². The SMILES string of the molecule is Cc1cc(C(F)(F)C(F)(F)F)c(S(C)(=O)=O)cc1C(=O)N=C(N)N.Cc1cc(C(F)(F)C(F)(F)F)c(S(C)(=O)=O)cc1C(=O)O. The summed E-state index contributed by atoms with van der Waals surface area (Å²) in [6, 6.07) is 1.21. The van der Waals surface area contributed by atoms with E-state index in [9.17, 15) is 70.3 Å². The summed E-state index contributed by atoms with van der Waals surface area (Å²) < 4.78 is 175. The number of sulfone groups is 2. The number of rotatable bonds is 6. The fraction of sp³-hybridized carbons (Fsp3) is 0.348. The first-order chi connectivity index (χ1) is 19.8. The summed E-state index contributed by atoms with van der Waals surface area (Å²) in [7, 11) is -9.01. The number of aliphatic imine (C=N–C) groups is 1.